The molecule has 28 heavy (non-hydrogen) atoms. The lowest BCUT2D eigenvalue weighted by Crippen LogP contribution is -2.14. The molecule has 0 atom stereocenters. The monoisotopic (exact) mass is 398 g/mol. The summed E-state index contributed by atoms with van der Waals surface area (Å²) in [6.07, 6.45) is 0. The molecule has 0 unspecified atom stereocenters. The van der Waals surface area contributed by atoms with Gasteiger partial charge in [0.15, 0.2) is 11.6 Å². The van der Waals surface area contributed by atoms with E-state index in [0.29, 0.717) is 11.6 Å². The van der Waals surface area contributed by atoms with Crippen LogP contribution in [0.3, 0.4) is 0 Å². The van der Waals surface area contributed by atoms with E-state index in [1.807, 2.05) is 32.0 Å². The van der Waals surface area contributed by atoms with E-state index in [9.17, 15) is 8.42 Å². The van der Waals surface area contributed by atoms with Crippen LogP contribution in [0, 0.1) is 20.8 Å². The van der Waals surface area contributed by atoms with Crippen LogP contribution in [0.5, 0.6) is 5.75 Å². The third kappa shape index (κ3) is 4.40. The second kappa shape index (κ2) is 7.85. The lowest BCUT2D eigenvalue weighted by atomic mass is 10.1. The van der Waals surface area contributed by atoms with E-state index in [4.69, 9.17) is 4.74 Å². The molecule has 0 radical (unpaired) electrons. The molecule has 0 aliphatic heterocycles. The Labute approximate surface area is 164 Å². The first-order chi connectivity index (χ1) is 13.3. The minimum Gasteiger partial charge on any atom is -0.496 e. The number of nitrogens with zero attached hydrogens (tertiary/aromatic N) is 2. The van der Waals surface area contributed by atoms with Gasteiger partial charge in [-0.05, 0) is 73.9 Å². The molecule has 0 bridgehead atoms. The van der Waals surface area contributed by atoms with Crippen LogP contribution in [-0.2, 0) is 10.0 Å². The molecular weight excluding hydrogens is 376 g/mol. The number of nitrogens with one attached hydrogen (secondary N) is 2. The molecule has 3 rings (SSSR count). The number of ether oxygens (including phenoxy) is 1. The average molecular weight is 398 g/mol. The van der Waals surface area contributed by atoms with Gasteiger partial charge in [-0.25, -0.2) is 8.42 Å². The number of aromatic nitrogens is 2. The zero-order valence-corrected chi connectivity index (χ0v) is 17.0. The highest BCUT2D eigenvalue weighted by Crippen LogP contribution is 2.24. The zero-order valence-electron chi connectivity index (χ0n) is 16.1. The van der Waals surface area contributed by atoms with Crippen molar-refractivity contribution < 1.29 is 13.2 Å². The highest BCUT2D eigenvalue weighted by molar-refractivity contribution is 7.92. The van der Waals surface area contributed by atoms with Crippen LogP contribution in [0.4, 0.5) is 17.3 Å². The fraction of sp³-hybridized carbons (Fsp3) is 0.200. The molecule has 0 saturated heterocycles. The van der Waals surface area contributed by atoms with Gasteiger partial charge in [0.2, 0.25) is 0 Å². The predicted octanol–water partition coefficient (Wildman–Crippen LogP) is 3.95. The van der Waals surface area contributed by atoms with Crippen molar-refractivity contribution >= 4 is 27.3 Å². The fourth-order valence-corrected chi connectivity index (χ4v) is 3.76. The fourth-order valence-electron chi connectivity index (χ4n) is 2.68. The number of hydrogen-bond donors (Lipinski definition) is 2. The Morgan fingerprint density at radius 2 is 1.57 bits per heavy atom. The summed E-state index contributed by atoms with van der Waals surface area (Å²) in [5.74, 6) is 1.29. The molecule has 3 aromatic rings. The van der Waals surface area contributed by atoms with Gasteiger partial charge in [-0.1, -0.05) is 12.1 Å². The Morgan fingerprint density at radius 1 is 0.857 bits per heavy atom. The molecule has 8 heteroatoms. The maximum absolute atomic E-state index is 12.6. The Hall–Kier alpha value is -3.13. The van der Waals surface area contributed by atoms with E-state index in [0.717, 1.165) is 22.4 Å². The smallest absolute Gasteiger partial charge is 0.263 e. The number of benzene rings is 2. The Kier molecular flexibility index (Phi) is 5.51. The molecule has 1 aromatic heterocycles. The minimum atomic E-state index is -3.77. The van der Waals surface area contributed by atoms with Gasteiger partial charge in [-0.2, -0.15) is 0 Å². The molecule has 0 amide bonds. The topological polar surface area (TPSA) is 93.2 Å². The van der Waals surface area contributed by atoms with Gasteiger partial charge in [-0.15, -0.1) is 10.2 Å². The highest BCUT2D eigenvalue weighted by atomic mass is 32.2. The van der Waals surface area contributed by atoms with Crippen molar-refractivity contribution in [3.63, 3.8) is 0 Å². The summed E-state index contributed by atoms with van der Waals surface area (Å²) in [6, 6.07) is 13.9. The van der Waals surface area contributed by atoms with Crippen LogP contribution in [0.25, 0.3) is 0 Å². The summed E-state index contributed by atoms with van der Waals surface area (Å²) in [5.41, 5.74) is 3.85. The second-order valence-corrected chi connectivity index (χ2v) is 8.17. The molecule has 7 nitrogen and oxygen atoms in total. The lowest BCUT2D eigenvalue weighted by molar-refractivity contribution is 0.411. The van der Waals surface area contributed by atoms with E-state index in [-0.39, 0.29) is 10.7 Å². The van der Waals surface area contributed by atoms with Gasteiger partial charge >= 0.3 is 0 Å². The van der Waals surface area contributed by atoms with Crippen LogP contribution >= 0.6 is 0 Å². The predicted molar refractivity (Wildman–Crippen MR) is 110 cm³/mol. The van der Waals surface area contributed by atoms with Crippen LogP contribution in [-0.4, -0.2) is 25.7 Å². The van der Waals surface area contributed by atoms with E-state index in [2.05, 4.69) is 20.2 Å². The summed E-state index contributed by atoms with van der Waals surface area (Å²) in [6.45, 7) is 5.79. The van der Waals surface area contributed by atoms with Crippen LogP contribution in [0.2, 0.25) is 0 Å². The summed E-state index contributed by atoms with van der Waals surface area (Å²) in [7, 11) is -2.23. The lowest BCUT2D eigenvalue weighted by Gasteiger charge is -2.11. The molecule has 0 aliphatic rings. The van der Waals surface area contributed by atoms with Crippen molar-refractivity contribution in [3.05, 3.63) is 65.2 Å². The SMILES string of the molecule is COc1ccc(S(=O)(=O)Nc2ccc(Nc3cc(C)ccc3C)nn2)cc1C. The molecule has 2 aromatic carbocycles. The van der Waals surface area contributed by atoms with Crippen molar-refractivity contribution in [1.82, 2.24) is 10.2 Å². The number of aryl methyl sites for hydroxylation is 3. The number of methoxy groups -OCH3 is 1. The molecule has 0 saturated carbocycles. The standard InChI is InChI=1S/C20H22N4O3S/c1-13-5-6-14(2)17(11-13)21-19-9-10-20(23-22-19)24-28(25,26)16-7-8-18(27-4)15(3)12-16/h5-12H,1-4H3,(H,21,22)(H,23,24). The van der Waals surface area contributed by atoms with Crippen molar-refractivity contribution in [2.45, 2.75) is 25.7 Å². The molecule has 0 aliphatic carbocycles. The number of anilines is 3. The highest BCUT2D eigenvalue weighted by Gasteiger charge is 2.16. The van der Waals surface area contributed by atoms with Gasteiger partial charge in [0.05, 0.1) is 12.0 Å². The molecular formula is C20H22N4O3S. The van der Waals surface area contributed by atoms with E-state index in [1.165, 1.54) is 13.2 Å². The van der Waals surface area contributed by atoms with Crippen molar-refractivity contribution in [1.29, 1.82) is 0 Å². The Balaban J connectivity index is 1.76. The summed E-state index contributed by atoms with van der Waals surface area (Å²) in [5, 5.41) is 11.2. The first-order valence-corrected chi connectivity index (χ1v) is 10.1. The number of rotatable bonds is 6. The van der Waals surface area contributed by atoms with Gasteiger partial charge < -0.3 is 10.1 Å². The van der Waals surface area contributed by atoms with Gasteiger partial charge in [0, 0.05) is 5.69 Å². The zero-order chi connectivity index (χ0) is 20.3. The van der Waals surface area contributed by atoms with E-state index < -0.39 is 10.0 Å². The van der Waals surface area contributed by atoms with E-state index in [1.54, 1.807) is 31.2 Å². The van der Waals surface area contributed by atoms with Gasteiger partial charge in [-0.3, -0.25) is 4.72 Å². The van der Waals surface area contributed by atoms with Crippen LogP contribution < -0.4 is 14.8 Å². The molecule has 2 N–H and O–H groups in total. The number of sulfonamides is 1. The molecule has 0 spiro atoms. The molecule has 1 heterocycles. The maximum atomic E-state index is 12.6. The average Bonchev–Trinajstić information content (AvgIpc) is 2.66. The quantitative estimate of drug-likeness (QED) is 0.653. The largest absolute Gasteiger partial charge is 0.496 e. The second-order valence-electron chi connectivity index (χ2n) is 6.48. The van der Waals surface area contributed by atoms with Crippen molar-refractivity contribution in [2.75, 3.05) is 17.1 Å². The minimum absolute atomic E-state index is 0.130. The van der Waals surface area contributed by atoms with Crippen LogP contribution in [0.15, 0.2) is 53.4 Å². The third-order valence-corrected chi connectivity index (χ3v) is 5.59. The molecule has 0 fully saturated rings. The van der Waals surface area contributed by atoms with Crippen LogP contribution in [0.1, 0.15) is 16.7 Å². The first-order valence-electron chi connectivity index (χ1n) is 8.64. The van der Waals surface area contributed by atoms with Gasteiger partial charge in [0.1, 0.15) is 5.75 Å². The Morgan fingerprint density at radius 3 is 2.21 bits per heavy atom. The first kappa shape index (κ1) is 19.6. The summed E-state index contributed by atoms with van der Waals surface area (Å²) >= 11 is 0. The van der Waals surface area contributed by atoms with Crippen molar-refractivity contribution in [2.24, 2.45) is 0 Å². The maximum Gasteiger partial charge on any atom is 0.263 e. The summed E-state index contributed by atoms with van der Waals surface area (Å²) in [4.78, 5) is 0.130. The Bertz CT molecular complexity index is 1100. The summed E-state index contributed by atoms with van der Waals surface area (Å²) < 4.78 is 32.8. The third-order valence-electron chi connectivity index (χ3n) is 4.24. The molecule has 146 valence electrons. The van der Waals surface area contributed by atoms with Crippen molar-refractivity contribution in [3.8, 4) is 5.75 Å². The van der Waals surface area contributed by atoms with E-state index >= 15 is 0 Å². The van der Waals surface area contributed by atoms with Gasteiger partial charge in [0.25, 0.3) is 10.0 Å². The number of hydrogen-bond acceptors (Lipinski definition) is 6. The normalized spacial score (nSPS) is 11.1.